The maximum absolute atomic E-state index is 6.10. The van der Waals surface area contributed by atoms with Gasteiger partial charge in [-0.05, 0) is 43.4 Å². The zero-order chi connectivity index (χ0) is 13.0. The molecule has 0 saturated heterocycles. The van der Waals surface area contributed by atoms with Crippen LogP contribution in [-0.2, 0) is 4.74 Å². The van der Waals surface area contributed by atoms with Crippen molar-refractivity contribution in [1.29, 1.82) is 0 Å². The number of thiocarbonyl (C=S) groups is 1. The monoisotopic (exact) mass is 281 g/mol. The molecule has 0 amide bonds. The number of nitrogens with zero attached hydrogens (tertiary/aromatic N) is 1. The van der Waals surface area contributed by atoms with Gasteiger partial charge in [-0.3, -0.25) is 4.98 Å². The van der Waals surface area contributed by atoms with Crippen LogP contribution < -0.4 is 4.74 Å². The number of rotatable bonds is 4. The lowest BCUT2D eigenvalue weighted by Gasteiger charge is -2.10. The Kier molecular flexibility index (Phi) is 4.33. The molecule has 1 aromatic heterocycles. The van der Waals surface area contributed by atoms with E-state index in [-0.39, 0.29) is 6.61 Å². The van der Waals surface area contributed by atoms with Gasteiger partial charge in [-0.2, -0.15) is 0 Å². The van der Waals surface area contributed by atoms with Crippen LogP contribution >= 0.6 is 23.8 Å². The lowest BCUT2D eigenvalue weighted by Crippen LogP contribution is -2.12. The maximum Gasteiger partial charge on any atom is 0.197 e. The first-order chi connectivity index (χ1) is 8.72. The van der Waals surface area contributed by atoms with E-state index < -0.39 is 0 Å². The molecule has 94 valence electrons. The average Bonchev–Trinajstić information content (AvgIpc) is 2.39. The highest BCUT2D eigenvalue weighted by atomic mass is 35.5. The summed E-state index contributed by atoms with van der Waals surface area (Å²) in [5, 5.41) is 1.94. The van der Waals surface area contributed by atoms with Gasteiger partial charge in [0.25, 0.3) is 0 Å². The Morgan fingerprint density at radius 3 is 3.00 bits per heavy atom. The van der Waals surface area contributed by atoms with E-state index in [1.807, 2.05) is 19.1 Å². The molecule has 0 bridgehead atoms. The summed E-state index contributed by atoms with van der Waals surface area (Å²) in [5.74, 6) is 0.650. The minimum absolute atomic E-state index is 0.233. The van der Waals surface area contributed by atoms with Gasteiger partial charge in [-0.15, -0.1) is 0 Å². The molecule has 1 heterocycles. The Morgan fingerprint density at radius 2 is 2.22 bits per heavy atom. The minimum Gasteiger partial charge on any atom is -0.484 e. The molecule has 0 aliphatic carbocycles. The van der Waals surface area contributed by atoms with Crippen molar-refractivity contribution in [2.75, 3.05) is 13.2 Å². The summed E-state index contributed by atoms with van der Waals surface area (Å²) in [5.41, 5.74) is 0.726. The third-order valence-electron chi connectivity index (χ3n) is 2.33. The highest BCUT2D eigenvalue weighted by Gasteiger charge is 2.07. The van der Waals surface area contributed by atoms with Crippen LogP contribution in [-0.4, -0.2) is 23.2 Å². The van der Waals surface area contributed by atoms with Crippen molar-refractivity contribution < 1.29 is 9.47 Å². The smallest absolute Gasteiger partial charge is 0.197 e. The molecule has 0 unspecified atom stereocenters. The van der Waals surface area contributed by atoms with Crippen LogP contribution in [0.25, 0.3) is 10.9 Å². The molecular weight excluding hydrogens is 270 g/mol. The van der Waals surface area contributed by atoms with Gasteiger partial charge < -0.3 is 9.47 Å². The fourth-order valence-electron chi connectivity index (χ4n) is 1.57. The van der Waals surface area contributed by atoms with E-state index in [2.05, 4.69) is 4.98 Å². The van der Waals surface area contributed by atoms with Crippen LogP contribution in [0.4, 0.5) is 0 Å². The van der Waals surface area contributed by atoms with Gasteiger partial charge in [-0.1, -0.05) is 11.6 Å². The van der Waals surface area contributed by atoms with E-state index >= 15 is 0 Å². The number of pyridine rings is 1. The molecule has 3 nitrogen and oxygen atoms in total. The number of ether oxygens (including phenoxy) is 2. The standard InChI is InChI=1S/C13H12ClNO2S/c1-2-16-12(18)8-17-11-6-5-10(14)9-4-3-7-15-13(9)11/h3-7H,2,8H2,1H3. The molecule has 0 aliphatic rings. The third-order valence-corrected chi connectivity index (χ3v) is 2.90. The van der Waals surface area contributed by atoms with E-state index in [0.29, 0.717) is 22.4 Å². The highest BCUT2D eigenvalue weighted by molar-refractivity contribution is 7.80. The minimum atomic E-state index is 0.233. The van der Waals surface area contributed by atoms with E-state index in [1.54, 1.807) is 18.3 Å². The second-order valence-electron chi connectivity index (χ2n) is 3.54. The SMILES string of the molecule is CCOC(=S)COc1ccc(Cl)c2cccnc12. The Morgan fingerprint density at radius 1 is 1.39 bits per heavy atom. The Labute approximate surface area is 116 Å². The number of halogens is 1. The topological polar surface area (TPSA) is 31.4 Å². The van der Waals surface area contributed by atoms with Crippen LogP contribution in [0.1, 0.15) is 6.92 Å². The first kappa shape index (κ1) is 13.1. The molecular formula is C13H12ClNO2S. The molecule has 0 radical (unpaired) electrons. The third kappa shape index (κ3) is 2.89. The second-order valence-corrected chi connectivity index (χ2v) is 4.40. The maximum atomic E-state index is 6.10. The van der Waals surface area contributed by atoms with Crippen molar-refractivity contribution in [2.24, 2.45) is 0 Å². The zero-order valence-corrected chi connectivity index (χ0v) is 11.4. The lowest BCUT2D eigenvalue weighted by atomic mass is 10.2. The number of aromatic nitrogens is 1. The molecule has 5 heteroatoms. The summed E-state index contributed by atoms with van der Waals surface area (Å²) < 4.78 is 10.8. The van der Waals surface area contributed by atoms with Crippen molar-refractivity contribution >= 4 is 39.8 Å². The average molecular weight is 282 g/mol. The highest BCUT2D eigenvalue weighted by Crippen LogP contribution is 2.29. The van der Waals surface area contributed by atoms with Crippen molar-refractivity contribution in [1.82, 2.24) is 4.98 Å². The van der Waals surface area contributed by atoms with Gasteiger partial charge >= 0.3 is 0 Å². The Balaban J connectivity index is 2.24. The number of benzene rings is 1. The molecule has 0 fully saturated rings. The molecule has 0 atom stereocenters. The summed E-state index contributed by atoms with van der Waals surface area (Å²) in [6, 6.07) is 7.30. The quantitative estimate of drug-likeness (QED) is 0.801. The number of hydrogen-bond acceptors (Lipinski definition) is 4. The predicted octanol–water partition coefficient (Wildman–Crippen LogP) is 3.63. The predicted molar refractivity (Wildman–Crippen MR) is 76.5 cm³/mol. The molecule has 18 heavy (non-hydrogen) atoms. The van der Waals surface area contributed by atoms with Crippen molar-refractivity contribution in [3.8, 4) is 5.75 Å². The summed E-state index contributed by atoms with van der Waals surface area (Å²) >= 11 is 11.1. The Hall–Kier alpha value is -1.39. The molecule has 2 rings (SSSR count). The number of fused-ring (bicyclic) bond motifs is 1. The van der Waals surface area contributed by atoms with Crippen LogP contribution in [0, 0.1) is 0 Å². The molecule has 0 spiro atoms. The fourth-order valence-corrected chi connectivity index (χ4v) is 1.96. The van der Waals surface area contributed by atoms with Gasteiger partial charge in [0.05, 0.1) is 11.6 Å². The summed E-state index contributed by atoms with van der Waals surface area (Å²) in [7, 11) is 0. The van der Waals surface area contributed by atoms with Crippen LogP contribution in [0.3, 0.4) is 0 Å². The molecule has 2 aromatic rings. The van der Waals surface area contributed by atoms with Gasteiger partial charge in [0, 0.05) is 11.6 Å². The molecule has 1 aromatic carbocycles. The van der Waals surface area contributed by atoms with Gasteiger partial charge in [0.2, 0.25) is 0 Å². The van der Waals surface area contributed by atoms with Gasteiger partial charge in [-0.25, -0.2) is 0 Å². The van der Waals surface area contributed by atoms with Gasteiger partial charge in [0.1, 0.15) is 11.3 Å². The van der Waals surface area contributed by atoms with E-state index in [0.717, 1.165) is 10.9 Å². The fraction of sp³-hybridized carbons (Fsp3) is 0.231. The normalized spacial score (nSPS) is 10.3. The second kappa shape index (κ2) is 5.98. The van der Waals surface area contributed by atoms with E-state index in [9.17, 15) is 0 Å². The first-order valence-corrected chi connectivity index (χ1v) is 6.32. The zero-order valence-electron chi connectivity index (χ0n) is 9.85. The first-order valence-electron chi connectivity index (χ1n) is 5.54. The molecule has 0 saturated carbocycles. The molecule has 0 aliphatic heterocycles. The summed E-state index contributed by atoms with van der Waals surface area (Å²) in [6.45, 7) is 2.66. The largest absolute Gasteiger partial charge is 0.484 e. The lowest BCUT2D eigenvalue weighted by molar-refractivity contribution is 0.286. The van der Waals surface area contributed by atoms with Crippen molar-refractivity contribution in [3.63, 3.8) is 0 Å². The van der Waals surface area contributed by atoms with Crippen LogP contribution in [0.15, 0.2) is 30.5 Å². The molecule has 0 N–H and O–H groups in total. The van der Waals surface area contributed by atoms with Crippen molar-refractivity contribution in [2.45, 2.75) is 6.92 Å². The van der Waals surface area contributed by atoms with Crippen LogP contribution in [0.5, 0.6) is 5.75 Å². The summed E-state index contributed by atoms with van der Waals surface area (Å²) in [6.07, 6.45) is 1.70. The van der Waals surface area contributed by atoms with Crippen LogP contribution in [0.2, 0.25) is 5.02 Å². The van der Waals surface area contributed by atoms with Crippen molar-refractivity contribution in [3.05, 3.63) is 35.5 Å². The van der Waals surface area contributed by atoms with E-state index in [1.165, 1.54) is 0 Å². The summed E-state index contributed by atoms with van der Waals surface area (Å²) in [4.78, 5) is 4.27. The van der Waals surface area contributed by atoms with E-state index in [4.69, 9.17) is 33.3 Å². The van der Waals surface area contributed by atoms with Gasteiger partial charge in [0.15, 0.2) is 11.7 Å². The number of hydrogen-bond donors (Lipinski definition) is 0. The Bertz CT molecular complexity index is 574.